The Morgan fingerprint density at radius 3 is 2.88 bits per heavy atom. The zero-order chi connectivity index (χ0) is 16.8. The Kier molecular flexibility index (Phi) is 5.69. The van der Waals surface area contributed by atoms with Crippen LogP contribution in [-0.2, 0) is 13.0 Å². The van der Waals surface area contributed by atoms with Crippen molar-refractivity contribution >= 4 is 11.4 Å². The summed E-state index contributed by atoms with van der Waals surface area (Å²) in [4.78, 5) is 6.74. The van der Waals surface area contributed by atoms with Gasteiger partial charge in [-0.25, -0.2) is 0 Å². The minimum absolute atomic E-state index is 0.165. The highest BCUT2D eigenvalue weighted by atomic mass is 16.5. The first kappa shape index (κ1) is 16.8. The maximum absolute atomic E-state index is 9.69. The number of aromatic nitrogens is 2. The second-order valence-electron chi connectivity index (χ2n) is 6.30. The van der Waals surface area contributed by atoms with Gasteiger partial charge in [0.25, 0.3) is 0 Å². The largest absolute Gasteiger partial charge is 0.393 e. The van der Waals surface area contributed by atoms with Crippen molar-refractivity contribution < 1.29 is 9.63 Å². The number of hydrogen-bond acceptors (Lipinski definition) is 6. The van der Waals surface area contributed by atoms with Crippen LogP contribution in [0, 0.1) is 0 Å². The van der Waals surface area contributed by atoms with Gasteiger partial charge in [0.2, 0.25) is 5.89 Å². The number of para-hydroxylation sites is 2. The molecule has 0 radical (unpaired) electrons. The minimum Gasteiger partial charge on any atom is -0.393 e. The Balaban J connectivity index is 1.62. The van der Waals surface area contributed by atoms with Gasteiger partial charge in [0.15, 0.2) is 5.82 Å². The first-order valence-corrected chi connectivity index (χ1v) is 8.83. The van der Waals surface area contributed by atoms with E-state index in [0.717, 1.165) is 62.4 Å². The summed E-state index contributed by atoms with van der Waals surface area (Å²) in [5.41, 5.74) is 2.22. The fourth-order valence-corrected chi connectivity index (χ4v) is 2.97. The third-order valence-electron chi connectivity index (χ3n) is 4.40. The van der Waals surface area contributed by atoms with E-state index in [1.165, 1.54) is 0 Å². The molecule has 6 heteroatoms. The Morgan fingerprint density at radius 2 is 2.08 bits per heavy atom. The number of unbranched alkanes of at least 4 members (excludes halogenated alkanes) is 1. The molecule has 1 aromatic carbocycles. The lowest BCUT2D eigenvalue weighted by molar-refractivity contribution is 0.145. The number of aryl methyl sites for hydroxylation is 1. The molecule has 1 fully saturated rings. The number of rotatable bonds is 7. The van der Waals surface area contributed by atoms with Gasteiger partial charge in [0, 0.05) is 19.5 Å². The van der Waals surface area contributed by atoms with Gasteiger partial charge in [0.05, 0.1) is 24.0 Å². The number of benzene rings is 1. The second kappa shape index (κ2) is 8.15. The molecule has 130 valence electrons. The summed E-state index contributed by atoms with van der Waals surface area (Å²) in [5.74, 6) is 1.40. The van der Waals surface area contributed by atoms with Crippen LogP contribution < -0.4 is 10.2 Å². The zero-order valence-electron chi connectivity index (χ0n) is 14.2. The summed E-state index contributed by atoms with van der Waals surface area (Å²) in [5, 5.41) is 17.1. The first-order valence-electron chi connectivity index (χ1n) is 8.83. The number of nitrogens with one attached hydrogen (secondary N) is 1. The molecule has 0 unspecified atom stereocenters. The Bertz CT molecular complexity index is 635. The molecule has 0 atom stereocenters. The molecule has 24 heavy (non-hydrogen) atoms. The van der Waals surface area contributed by atoms with Crippen molar-refractivity contribution in [2.45, 2.75) is 51.7 Å². The molecular weight excluding hydrogens is 304 g/mol. The molecule has 2 heterocycles. The molecule has 2 aromatic rings. The Morgan fingerprint density at radius 1 is 1.29 bits per heavy atom. The summed E-state index contributed by atoms with van der Waals surface area (Å²) in [6.45, 7) is 4.43. The van der Waals surface area contributed by atoms with Crippen LogP contribution in [-0.4, -0.2) is 34.4 Å². The van der Waals surface area contributed by atoms with Crippen LogP contribution in [0.25, 0.3) is 0 Å². The predicted molar refractivity (Wildman–Crippen MR) is 94.1 cm³/mol. The maximum Gasteiger partial charge on any atom is 0.245 e. The molecule has 1 aliphatic heterocycles. The van der Waals surface area contributed by atoms with E-state index in [2.05, 4.69) is 39.4 Å². The van der Waals surface area contributed by atoms with E-state index in [-0.39, 0.29) is 6.10 Å². The smallest absolute Gasteiger partial charge is 0.245 e. The molecule has 1 aromatic heterocycles. The van der Waals surface area contributed by atoms with Crippen LogP contribution in [0.2, 0.25) is 0 Å². The van der Waals surface area contributed by atoms with Crippen molar-refractivity contribution in [3.8, 4) is 0 Å². The van der Waals surface area contributed by atoms with E-state index >= 15 is 0 Å². The molecule has 1 aliphatic rings. The average Bonchev–Trinajstić information content (AvgIpc) is 3.07. The van der Waals surface area contributed by atoms with Gasteiger partial charge in [0.1, 0.15) is 0 Å². The normalized spacial score (nSPS) is 15.7. The second-order valence-corrected chi connectivity index (χ2v) is 6.30. The van der Waals surface area contributed by atoms with Gasteiger partial charge in [-0.05, 0) is 31.4 Å². The summed E-state index contributed by atoms with van der Waals surface area (Å²) < 4.78 is 5.31. The molecule has 0 bridgehead atoms. The van der Waals surface area contributed by atoms with Gasteiger partial charge in [-0.15, -0.1) is 0 Å². The molecule has 3 rings (SSSR count). The standard InChI is InChI=1S/C18H26N4O2/c1-2-3-8-17-20-18(24-21-17)13-19-15-6-4-5-7-16(15)22-11-9-14(23)10-12-22/h4-7,14,19,23H,2-3,8-13H2,1H3. The van der Waals surface area contributed by atoms with Gasteiger partial charge in [-0.3, -0.25) is 0 Å². The predicted octanol–water partition coefficient (Wildman–Crippen LogP) is 2.99. The van der Waals surface area contributed by atoms with Crippen LogP contribution in [0.1, 0.15) is 44.3 Å². The van der Waals surface area contributed by atoms with E-state index in [9.17, 15) is 5.11 Å². The van der Waals surface area contributed by atoms with Crippen LogP contribution in [0.4, 0.5) is 11.4 Å². The lowest BCUT2D eigenvalue weighted by atomic mass is 10.1. The minimum atomic E-state index is -0.165. The van der Waals surface area contributed by atoms with E-state index in [1.54, 1.807) is 0 Å². The highest BCUT2D eigenvalue weighted by molar-refractivity contribution is 5.70. The van der Waals surface area contributed by atoms with E-state index in [0.29, 0.717) is 12.4 Å². The van der Waals surface area contributed by atoms with Gasteiger partial charge >= 0.3 is 0 Å². The van der Waals surface area contributed by atoms with Gasteiger partial charge in [-0.2, -0.15) is 4.98 Å². The van der Waals surface area contributed by atoms with Crippen LogP contribution in [0.15, 0.2) is 28.8 Å². The summed E-state index contributed by atoms with van der Waals surface area (Å²) in [6.07, 6.45) is 4.54. The number of hydrogen-bond donors (Lipinski definition) is 2. The average molecular weight is 330 g/mol. The van der Waals surface area contributed by atoms with Crippen LogP contribution in [0.3, 0.4) is 0 Å². The molecule has 1 saturated heterocycles. The van der Waals surface area contributed by atoms with Crippen molar-refractivity contribution in [3.05, 3.63) is 36.0 Å². The Labute approximate surface area is 142 Å². The van der Waals surface area contributed by atoms with Crippen molar-refractivity contribution in [2.75, 3.05) is 23.3 Å². The number of aliphatic hydroxyl groups is 1. The lowest BCUT2D eigenvalue weighted by Crippen LogP contribution is -2.36. The van der Waals surface area contributed by atoms with Crippen LogP contribution in [0.5, 0.6) is 0 Å². The molecule has 0 saturated carbocycles. The molecular formula is C18H26N4O2. The first-order chi connectivity index (χ1) is 11.8. The van der Waals surface area contributed by atoms with Crippen molar-refractivity contribution in [3.63, 3.8) is 0 Å². The van der Waals surface area contributed by atoms with Crippen molar-refractivity contribution in [1.82, 2.24) is 10.1 Å². The van der Waals surface area contributed by atoms with Crippen LogP contribution >= 0.6 is 0 Å². The molecule has 0 amide bonds. The SMILES string of the molecule is CCCCc1noc(CNc2ccccc2N2CCC(O)CC2)n1. The van der Waals surface area contributed by atoms with E-state index < -0.39 is 0 Å². The topological polar surface area (TPSA) is 74.4 Å². The monoisotopic (exact) mass is 330 g/mol. The Hall–Kier alpha value is -2.08. The molecule has 2 N–H and O–H groups in total. The number of piperidine rings is 1. The van der Waals surface area contributed by atoms with E-state index in [4.69, 9.17) is 4.52 Å². The molecule has 0 spiro atoms. The number of nitrogens with zero attached hydrogens (tertiary/aromatic N) is 3. The summed E-state index contributed by atoms with van der Waals surface area (Å²) in [7, 11) is 0. The fraction of sp³-hybridized carbons (Fsp3) is 0.556. The van der Waals surface area contributed by atoms with Crippen molar-refractivity contribution in [1.29, 1.82) is 0 Å². The third kappa shape index (κ3) is 4.26. The quantitative estimate of drug-likeness (QED) is 0.813. The summed E-state index contributed by atoms with van der Waals surface area (Å²) >= 11 is 0. The fourth-order valence-electron chi connectivity index (χ4n) is 2.97. The highest BCUT2D eigenvalue weighted by Gasteiger charge is 2.19. The zero-order valence-corrected chi connectivity index (χ0v) is 14.2. The molecule has 6 nitrogen and oxygen atoms in total. The van der Waals surface area contributed by atoms with E-state index in [1.807, 2.05) is 12.1 Å². The lowest BCUT2D eigenvalue weighted by Gasteiger charge is -2.32. The van der Waals surface area contributed by atoms with Gasteiger partial charge < -0.3 is 19.8 Å². The third-order valence-corrected chi connectivity index (χ3v) is 4.40. The summed E-state index contributed by atoms with van der Waals surface area (Å²) in [6, 6.07) is 8.24. The number of anilines is 2. The number of aliphatic hydroxyl groups excluding tert-OH is 1. The maximum atomic E-state index is 9.69. The van der Waals surface area contributed by atoms with Gasteiger partial charge in [-0.1, -0.05) is 30.6 Å². The molecule has 0 aliphatic carbocycles. The van der Waals surface area contributed by atoms with Crippen molar-refractivity contribution in [2.24, 2.45) is 0 Å². The highest BCUT2D eigenvalue weighted by Crippen LogP contribution is 2.28.